The Bertz CT molecular complexity index is 803. The molecule has 2 aromatic rings. The van der Waals surface area contributed by atoms with Crippen LogP contribution < -0.4 is 18.9 Å². The van der Waals surface area contributed by atoms with Crippen LogP contribution in [0, 0.1) is 0 Å². The van der Waals surface area contributed by atoms with Crippen LogP contribution in [0.3, 0.4) is 0 Å². The molecule has 0 aromatic heterocycles. The van der Waals surface area contributed by atoms with Gasteiger partial charge in [0.25, 0.3) is 5.79 Å². The summed E-state index contributed by atoms with van der Waals surface area (Å²) < 4.78 is 21.4. The second kappa shape index (κ2) is 6.27. The van der Waals surface area contributed by atoms with Crippen LogP contribution in [0.15, 0.2) is 36.4 Å². The van der Waals surface area contributed by atoms with Gasteiger partial charge in [0.15, 0.2) is 17.6 Å². The summed E-state index contributed by atoms with van der Waals surface area (Å²) in [7, 11) is 4.20. The number of aliphatic hydroxyl groups is 2. The Labute approximate surface area is 144 Å². The van der Waals surface area contributed by atoms with Gasteiger partial charge in [-0.25, -0.2) is 0 Å². The number of methoxy groups -OCH3 is 3. The van der Waals surface area contributed by atoms with Gasteiger partial charge in [0.05, 0.1) is 26.9 Å². The number of rotatable bonds is 4. The van der Waals surface area contributed by atoms with Crippen molar-refractivity contribution in [2.45, 2.75) is 11.9 Å². The molecule has 2 atom stereocenters. The van der Waals surface area contributed by atoms with Crippen LogP contribution >= 0.6 is 0 Å². The standard InChI is InChI=1S/C18H18O7/c1-22-12-9-11-13(16(24-3)15(12)23-2)14(19)17(20)18(21,25-11)10-7-5-4-6-8-10/h4-9,14,19,21H,1-3H3. The van der Waals surface area contributed by atoms with Gasteiger partial charge in [0.1, 0.15) is 5.75 Å². The minimum absolute atomic E-state index is 0.0629. The minimum atomic E-state index is -2.32. The number of ketones is 1. The van der Waals surface area contributed by atoms with E-state index in [4.69, 9.17) is 18.9 Å². The molecule has 0 aliphatic carbocycles. The van der Waals surface area contributed by atoms with Crippen molar-refractivity contribution in [2.24, 2.45) is 0 Å². The zero-order chi connectivity index (χ0) is 18.2. The van der Waals surface area contributed by atoms with Gasteiger partial charge < -0.3 is 29.2 Å². The van der Waals surface area contributed by atoms with Gasteiger partial charge in [-0.1, -0.05) is 30.3 Å². The lowest BCUT2D eigenvalue weighted by Gasteiger charge is -2.36. The van der Waals surface area contributed by atoms with Crippen LogP contribution in [0.1, 0.15) is 17.2 Å². The van der Waals surface area contributed by atoms with Gasteiger partial charge >= 0.3 is 0 Å². The maximum absolute atomic E-state index is 12.7. The Balaban J connectivity index is 2.23. The molecule has 0 saturated carbocycles. The summed E-state index contributed by atoms with van der Waals surface area (Å²) in [6.45, 7) is 0. The summed E-state index contributed by atoms with van der Waals surface area (Å²) in [5.41, 5.74) is 0.282. The highest BCUT2D eigenvalue weighted by molar-refractivity contribution is 5.95. The Hall–Kier alpha value is -2.77. The topological polar surface area (TPSA) is 94.5 Å². The van der Waals surface area contributed by atoms with Crippen LogP contribution in [-0.2, 0) is 10.6 Å². The van der Waals surface area contributed by atoms with Crippen molar-refractivity contribution in [2.75, 3.05) is 21.3 Å². The third-order valence-electron chi connectivity index (χ3n) is 4.11. The Morgan fingerprint density at radius 2 is 1.68 bits per heavy atom. The highest BCUT2D eigenvalue weighted by Gasteiger charge is 2.51. The Kier molecular flexibility index (Phi) is 4.28. The first kappa shape index (κ1) is 17.1. The van der Waals surface area contributed by atoms with E-state index in [1.54, 1.807) is 18.2 Å². The summed E-state index contributed by atoms with van der Waals surface area (Å²) in [5.74, 6) is -2.59. The number of Topliss-reactive ketones (excluding diaryl/α,β-unsaturated/α-hetero) is 1. The summed E-state index contributed by atoms with van der Waals surface area (Å²) in [6, 6.07) is 9.55. The summed E-state index contributed by atoms with van der Waals surface area (Å²) >= 11 is 0. The van der Waals surface area contributed by atoms with E-state index in [2.05, 4.69) is 0 Å². The number of carbonyl (C=O) groups is 1. The van der Waals surface area contributed by atoms with E-state index in [1.807, 2.05) is 0 Å². The van der Waals surface area contributed by atoms with Gasteiger partial charge in [-0.3, -0.25) is 4.79 Å². The monoisotopic (exact) mass is 346 g/mol. The number of hydrogen-bond donors (Lipinski definition) is 2. The van der Waals surface area contributed by atoms with Gasteiger partial charge in [-0.15, -0.1) is 0 Å². The van der Waals surface area contributed by atoms with Gasteiger partial charge in [0.2, 0.25) is 11.5 Å². The fraction of sp³-hybridized carbons (Fsp3) is 0.278. The maximum Gasteiger partial charge on any atom is 0.298 e. The quantitative estimate of drug-likeness (QED) is 0.867. The van der Waals surface area contributed by atoms with Crippen molar-refractivity contribution in [3.8, 4) is 23.0 Å². The third kappa shape index (κ3) is 2.48. The molecule has 25 heavy (non-hydrogen) atoms. The van der Waals surface area contributed by atoms with E-state index >= 15 is 0 Å². The van der Waals surface area contributed by atoms with Crippen LogP contribution in [0.2, 0.25) is 0 Å². The molecule has 7 heteroatoms. The zero-order valence-corrected chi connectivity index (χ0v) is 14.0. The molecule has 2 N–H and O–H groups in total. The molecular formula is C18H18O7. The molecule has 0 saturated heterocycles. The number of carbonyl (C=O) groups excluding carboxylic acids is 1. The van der Waals surface area contributed by atoms with Crippen molar-refractivity contribution in [1.29, 1.82) is 0 Å². The van der Waals surface area contributed by atoms with Crippen molar-refractivity contribution < 1.29 is 34.0 Å². The van der Waals surface area contributed by atoms with Crippen molar-refractivity contribution in [3.05, 3.63) is 47.5 Å². The molecule has 0 bridgehead atoms. The molecule has 0 radical (unpaired) electrons. The largest absolute Gasteiger partial charge is 0.493 e. The first-order valence-electron chi connectivity index (χ1n) is 7.50. The average Bonchev–Trinajstić information content (AvgIpc) is 2.65. The molecule has 2 aromatic carbocycles. The minimum Gasteiger partial charge on any atom is -0.493 e. The predicted molar refractivity (Wildman–Crippen MR) is 87.0 cm³/mol. The highest BCUT2D eigenvalue weighted by Crippen LogP contribution is 2.52. The van der Waals surface area contributed by atoms with Crippen LogP contribution in [0.4, 0.5) is 0 Å². The van der Waals surface area contributed by atoms with Crippen LogP contribution in [0.5, 0.6) is 23.0 Å². The van der Waals surface area contributed by atoms with Crippen molar-refractivity contribution in [1.82, 2.24) is 0 Å². The molecule has 0 fully saturated rings. The van der Waals surface area contributed by atoms with E-state index < -0.39 is 17.7 Å². The molecule has 7 nitrogen and oxygen atoms in total. The first-order chi connectivity index (χ1) is 12.0. The van der Waals surface area contributed by atoms with Gasteiger partial charge in [0, 0.05) is 11.6 Å². The lowest BCUT2D eigenvalue weighted by molar-refractivity contribution is -0.191. The van der Waals surface area contributed by atoms with Crippen molar-refractivity contribution in [3.63, 3.8) is 0 Å². The highest BCUT2D eigenvalue weighted by atomic mass is 16.6. The van der Waals surface area contributed by atoms with Gasteiger partial charge in [-0.05, 0) is 0 Å². The summed E-state index contributed by atoms with van der Waals surface area (Å²) in [6.07, 6.45) is -1.66. The number of benzene rings is 2. The lowest BCUT2D eigenvalue weighted by atomic mass is 9.90. The molecule has 2 unspecified atom stereocenters. The smallest absolute Gasteiger partial charge is 0.298 e. The SMILES string of the molecule is COc1cc2c(c(OC)c1OC)C(O)C(=O)C(O)(c1ccccc1)O2. The first-order valence-corrected chi connectivity index (χ1v) is 7.50. The van der Waals surface area contributed by atoms with E-state index in [-0.39, 0.29) is 34.1 Å². The Morgan fingerprint density at radius 3 is 2.24 bits per heavy atom. The lowest BCUT2D eigenvalue weighted by Crippen LogP contribution is -2.47. The van der Waals surface area contributed by atoms with E-state index in [9.17, 15) is 15.0 Å². The molecule has 0 amide bonds. The third-order valence-corrected chi connectivity index (χ3v) is 4.11. The fourth-order valence-corrected chi connectivity index (χ4v) is 2.89. The normalized spacial score (nSPS) is 22.0. The van der Waals surface area contributed by atoms with Crippen LogP contribution in [0.25, 0.3) is 0 Å². The van der Waals surface area contributed by atoms with Gasteiger partial charge in [-0.2, -0.15) is 0 Å². The van der Waals surface area contributed by atoms with E-state index in [0.29, 0.717) is 0 Å². The Morgan fingerprint density at radius 1 is 1.04 bits per heavy atom. The number of aliphatic hydroxyl groups excluding tert-OH is 1. The average molecular weight is 346 g/mol. The molecule has 132 valence electrons. The second-order valence-electron chi connectivity index (χ2n) is 5.44. The zero-order valence-electron chi connectivity index (χ0n) is 14.0. The summed E-state index contributed by atoms with van der Waals surface area (Å²) in [4.78, 5) is 12.7. The molecule has 1 aliphatic rings. The maximum atomic E-state index is 12.7. The molecular weight excluding hydrogens is 328 g/mol. The second-order valence-corrected chi connectivity index (χ2v) is 5.44. The molecule has 3 rings (SSSR count). The predicted octanol–water partition coefficient (Wildman–Crippen LogP) is 1.55. The number of fused-ring (bicyclic) bond motifs is 1. The van der Waals surface area contributed by atoms with E-state index in [0.717, 1.165) is 0 Å². The molecule has 0 spiro atoms. The fourth-order valence-electron chi connectivity index (χ4n) is 2.89. The molecule has 1 aliphatic heterocycles. The van der Waals surface area contributed by atoms with Crippen LogP contribution in [-0.4, -0.2) is 37.3 Å². The number of ether oxygens (including phenoxy) is 4. The van der Waals surface area contributed by atoms with E-state index in [1.165, 1.54) is 39.5 Å². The van der Waals surface area contributed by atoms with Crippen molar-refractivity contribution >= 4 is 5.78 Å². The number of hydrogen-bond acceptors (Lipinski definition) is 7. The summed E-state index contributed by atoms with van der Waals surface area (Å²) in [5, 5.41) is 21.4. The molecule has 1 heterocycles.